The highest BCUT2D eigenvalue weighted by Gasteiger charge is 2.18. The van der Waals surface area contributed by atoms with Gasteiger partial charge in [0.1, 0.15) is 11.9 Å². The van der Waals surface area contributed by atoms with Crippen molar-refractivity contribution in [2.45, 2.75) is 6.04 Å². The summed E-state index contributed by atoms with van der Waals surface area (Å²) < 4.78 is 2.30. The highest BCUT2D eigenvalue weighted by molar-refractivity contribution is 9.10. The maximum atomic E-state index is 11.9. The number of carbonyl (C=O) groups is 1. The van der Waals surface area contributed by atoms with E-state index < -0.39 is 6.04 Å². The van der Waals surface area contributed by atoms with Crippen LogP contribution in [0.4, 0.5) is 5.82 Å². The lowest BCUT2D eigenvalue weighted by Crippen LogP contribution is -2.27. The first-order valence-electron chi connectivity index (χ1n) is 5.23. The van der Waals surface area contributed by atoms with E-state index in [-0.39, 0.29) is 5.91 Å². The van der Waals surface area contributed by atoms with Gasteiger partial charge in [0.25, 0.3) is 0 Å². The van der Waals surface area contributed by atoms with Crippen molar-refractivity contribution >= 4 is 27.7 Å². The van der Waals surface area contributed by atoms with Crippen LogP contribution in [0, 0.1) is 0 Å². The van der Waals surface area contributed by atoms with Gasteiger partial charge in [0, 0.05) is 25.0 Å². The predicted molar refractivity (Wildman–Crippen MR) is 70.7 cm³/mol. The Bertz CT molecular complexity index is 568. The normalized spacial score (nSPS) is 12.2. The molecule has 0 aliphatic rings. The van der Waals surface area contributed by atoms with Crippen molar-refractivity contribution in [1.82, 2.24) is 14.8 Å². The highest BCUT2D eigenvalue weighted by atomic mass is 79.9. The molecule has 0 saturated heterocycles. The number of pyridine rings is 1. The summed E-state index contributed by atoms with van der Waals surface area (Å²) in [6, 6.07) is 2.78. The Labute approximate surface area is 112 Å². The Kier molecular flexibility index (Phi) is 3.73. The minimum absolute atomic E-state index is 0.331. The molecule has 0 saturated carbocycles. The van der Waals surface area contributed by atoms with Crippen LogP contribution in [0.5, 0.6) is 0 Å². The number of rotatable bonds is 3. The Morgan fingerprint density at radius 1 is 1.61 bits per heavy atom. The van der Waals surface area contributed by atoms with Gasteiger partial charge in [0.15, 0.2) is 0 Å². The zero-order valence-electron chi connectivity index (χ0n) is 9.67. The molecule has 0 radical (unpaired) electrons. The molecule has 18 heavy (non-hydrogen) atoms. The first-order valence-corrected chi connectivity index (χ1v) is 6.02. The van der Waals surface area contributed by atoms with Gasteiger partial charge in [-0.1, -0.05) is 0 Å². The molecule has 2 aromatic heterocycles. The zero-order chi connectivity index (χ0) is 13.1. The maximum Gasteiger partial charge on any atom is 0.247 e. The van der Waals surface area contributed by atoms with E-state index in [0.29, 0.717) is 15.9 Å². The van der Waals surface area contributed by atoms with Gasteiger partial charge in [-0.15, -0.1) is 0 Å². The first kappa shape index (κ1) is 12.7. The average Bonchev–Trinajstić information content (AvgIpc) is 2.78. The van der Waals surface area contributed by atoms with E-state index in [0.717, 1.165) is 0 Å². The number of nitrogens with two attached hydrogens (primary N) is 1. The van der Waals surface area contributed by atoms with Gasteiger partial charge in [-0.2, -0.15) is 5.10 Å². The van der Waals surface area contributed by atoms with Crippen LogP contribution in [0.15, 0.2) is 35.2 Å². The van der Waals surface area contributed by atoms with Gasteiger partial charge in [0.05, 0.1) is 10.7 Å². The van der Waals surface area contributed by atoms with E-state index in [4.69, 9.17) is 5.73 Å². The molecule has 1 atom stereocenters. The molecule has 0 aliphatic heterocycles. The predicted octanol–water partition coefficient (Wildman–Crippen LogP) is 1.22. The molecule has 6 nitrogen and oxygen atoms in total. The van der Waals surface area contributed by atoms with E-state index in [2.05, 4.69) is 31.3 Å². The molecule has 2 rings (SSSR count). The van der Waals surface area contributed by atoms with E-state index in [1.54, 1.807) is 42.5 Å². The van der Waals surface area contributed by atoms with Gasteiger partial charge in [-0.05, 0) is 28.1 Å². The summed E-state index contributed by atoms with van der Waals surface area (Å²) in [5.74, 6) is 0.115. The molecule has 94 valence electrons. The second-order valence-electron chi connectivity index (χ2n) is 3.75. The van der Waals surface area contributed by atoms with E-state index in [9.17, 15) is 4.79 Å². The summed E-state index contributed by atoms with van der Waals surface area (Å²) >= 11 is 3.30. The first-order chi connectivity index (χ1) is 8.58. The smallest absolute Gasteiger partial charge is 0.247 e. The van der Waals surface area contributed by atoms with Crippen LogP contribution in [-0.4, -0.2) is 20.7 Å². The Morgan fingerprint density at radius 3 is 3.00 bits per heavy atom. The Balaban J connectivity index is 2.11. The van der Waals surface area contributed by atoms with Crippen LogP contribution in [-0.2, 0) is 11.8 Å². The molecule has 1 amide bonds. The third-order valence-electron chi connectivity index (χ3n) is 2.37. The van der Waals surface area contributed by atoms with E-state index in [1.165, 1.54) is 0 Å². The molecule has 0 bridgehead atoms. The van der Waals surface area contributed by atoms with Crippen molar-refractivity contribution < 1.29 is 4.79 Å². The van der Waals surface area contributed by atoms with Crippen LogP contribution in [0.2, 0.25) is 0 Å². The summed E-state index contributed by atoms with van der Waals surface area (Å²) in [6.45, 7) is 0. The molecule has 2 heterocycles. The van der Waals surface area contributed by atoms with E-state index in [1.807, 2.05) is 0 Å². The summed E-state index contributed by atoms with van der Waals surface area (Å²) in [5.41, 5.74) is 6.50. The zero-order valence-corrected chi connectivity index (χ0v) is 11.3. The van der Waals surface area contributed by atoms with Crippen LogP contribution >= 0.6 is 15.9 Å². The number of nitrogens with zero attached hydrogens (tertiary/aromatic N) is 3. The molecule has 0 spiro atoms. The fraction of sp³-hybridized carbons (Fsp3) is 0.182. The monoisotopic (exact) mass is 309 g/mol. The van der Waals surface area contributed by atoms with Crippen LogP contribution in [0.3, 0.4) is 0 Å². The molecule has 1 unspecified atom stereocenters. The molecule has 2 aromatic rings. The number of amides is 1. The number of hydrogen-bond donors (Lipinski definition) is 2. The molecule has 0 aromatic carbocycles. The third kappa shape index (κ3) is 2.74. The van der Waals surface area contributed by atoms with Crippen LogP contribution < -0.4 is 11.1 Å². The maximum absolute atomic E-state index is 11.9. The number of aryl methyl sites for hydroxylation is 1. The van der Waals surface area contributed by atoms with Gasteiger partial charge >= 0.3 is 0 Å². The number of nitrogens with one attached hydrogen (secondary N) is 1. The lowest BCUT2D eigenvalue weighted by molar-refractivity contribution is -0.117. The minimum Gasteiger partial charge on any atom is -0.316 e. The van der Waals surface area contributed by atoms with Gasteiger partial charge in [-0.3, -0.25) is 9.48 Å². The summed E-state index contributed by atoms with van der Waals surface area (Å²) in [4.78, 5) is 16.0. The third-order valence-corrected chi connectivity index (χ3v) is 3.01. The molecule has 3 N–H and O–H groups in total. The Hall–Kier alpha value is -1.73. The fourth-order valence-corrected chi connectivity index (χ4v) is 1.78. The van der Waals surface area contributed by atoms with E-state index >= 15 is 0 Å². The summed E-state index contributed by atoms with van der Waals surface area (Å²) in [7, 11) is 1.77. The van der Waals surface area contributed by atoms with Crippen molar-refractivity contribution in [2.24, 2.45) is 12.8 Å². The number of anilines is 1. The van der Waals surface area contributed by atoms with Gasteiger partial charge < -0.3 is 11.1 Å². The van der Waals surface area contributed by atoms with Crippen molar-refractivity contribution in [2.75, 3.05) is 5.32 Å². The van der Waals surface area contributed by atoms with Gasteiger partial charge in [0.2, 0.25) is 5.91 Å². The van der Waals surface area contributed by atoms with Crippen LogP contribution in [0.1, 0.15) is 11.6 Å². The standard InChI is InChI=1S/C11H12BrN5O/c1-17-6-7(5-15-17)9(13)11(18)16-10-8(12)3-2-4-14-10/h2-6,9H,13H2,1H3,(H,14,16,18). The molecular formula is C11H12BrN5O. The highest BCUT2D eigenvalue weighted by Crippen LogP contribution is 2.19. The SMILES string of the molecule is Cn1cc(C(N)C(=O)Nc2ncccc2Br)cn1. The van der Waals surface area contributed by atoms with Crippen molar-refractivity contribution in [1.29, 1.82) is 0 Å². The molecule has 7 heteroatoms. The summed E-state index contributed by atoms with van der Waals surface area (Å²) in [6.07, 6.45) is 4.87. The van der Waals surface area contributed by atoms with Gasteiger partial charge in [-0.25, -0.2) is 4.98 Å². The Morgan fingerprint density at radius 2 is 2.39 bits per heavy atom. The second kappa shape index (κ2) is 5.28. The second-order valence-corrected chi connectivity index (χ2v) is 4.60. The minimum atomic E-state index is -0.771. The van der Waals surface area contributed by atoms with Crippen LogP contribution in [0.25, 0.3) is 0 Å². The van der Waals surface area contributed by atoms with Crippen molar-refractivity contribution in [3.63, 3.8) is 0 Å². The number of carbonyl (C=O) groups excluding carboxylic acids is 1. The number of aromatic nitrogens is 3. The lowest BCUT2D eigenvalue weighted by atomic mass is 10.1. The molecular weight excluding hydrogens is 298 g/mol. The van der Waals surface area contributed by atoms with Crippen molar-refractivity contribution in [3.8, 4) is 0 Å². The largest absolute Gasteiger partial charge is 0.316 e. The topological polar surface area (TPSA) is 85.8 Å². The lowest BCUT2D eigenvalue weighted by Gasteiger charge is -2.10. The fourth-order valence-electron chi connectivity index (χ4n) is 1.42. The molecule has 0 fully saturated rings. The average molecular weight is 310 g/mol. The number of hydrogen-bond acceptors (Lipinski definition) is 4. The number of halogens is 1. The van der Waals surface area contributed by atoms with Crippen molar-refractivity contribution in [3.05, 3.63) is 40.8 Å². The molecule has 0 aliphatic carbocycles. The summed E-state index contributed by atoms with van der Waals surface area (Å²) in [5, 5.41) is 6.64. The quantitative estimate of drug-likeness (QED) is 0.892.